The second-order valence-electron chi connectivity index (χ2n) is 8.06. The zero-order valence-corrected chi connectivity index (χ0v) is 17.0. The molecule has 4 aromatic rings. The number of ether oxygens (including phenoxy) is 2. The van der Waals surface area contributed by atoms with Crippen LogP contribution < -0.4 is 10.1 Å². The van der Waals surface area contributed by atoms with E-state index in [1.165, 1.54) is 19.2 Å². The molecule has 2 aliphatic rings. The summed E-state index contributed by atoms with van der Waals surface area (Å²) in [5.41, 5.74) is 2.69. The Kier molecular flexibility index (Phi) is 4.53. The van der Waals surface area contributed by atoms with Gasteiger partial charge in [0.15, 0.2) is 11.4 Å². The average molecular weight is 417 g/mol. The summed E-state index contributed by atoms with van der Waals surface area (Å²) in [5, 5.41) is 12.3. The highest BCUT2D eigenvalue weighted by Crippen LogP contribution is 2.40. The molecule has 6 rings (SSSR count). The van der Waals surface area contributed by atoms with Crippen molar-refractivity contribution in [1.82, 2.24) is 29.4 Å². The second kappa shape index (κ2) is 7.66. The molecule has 0 spiro atoms. The van der Waals surface area contributed by atoms with Crippen molar-refractivity contribution in [2.24, 2.45) is 0 Å². The molecule has 1 N–H and O–H groups in total. The summed E-state index contributed by atoms with van der Waals surface area (Å²) in [7, 11) is 0. The predicted octanol–water partition coefficient (Wildman–Crippen LogP) is 4.09. The summed E-state index contributed by atoms with van der Waals surface area (Å²) in [6.07, 6.45) is 11.5. The first-order valence-corrected chi connectivity index (χ1v) is 10.7. The molecule has 0 bridgehead atoms. The zero-order valence-electron chi connectivity index (χ0n) is 17.0. The molecule has 1 saturated heterocycles. The minimum absolute atomic E-state index is 0.373. The van der Waals surface area contributed by atoms with Crippen molar-refractivity contribution in [3.05, 3.63) is 54.9 Å². The number of nitrogens with one attached hydrogen (secondary N) is 1. The monoisotopic (exact) mass is 417 g/mol. The molecule has 9 heteroatoms. The van der Waals surface area contributed by atoms with Gasteiger partial charge in [0.1, 0.15) is 23.6 Å². The number of aromatic nitrogens is 6. The molecule has 5 heterocycles. The Hall–Kier alpha value is -3.46. The Labute approximate surface area is 179 Å². The number of rotatable bonds is 6. The van der Waals surface area contributed by atoms with E-state index in [-0.39, 0.29) is 0 Å². The summed E-state index contributed by atoms with van der Waals surface area (Å²) < 4.78 is 15.7. The maximum atomic E-state index is 6.33. The van der Waals surface area contributed by atoms with Crippen molar-refractivity contribution in [3.63, 3.8) is 0 Å². The Morgan fingerprint density at radius 1 is 1.06 bits per heavy atom. The van der Waals surface area contributed by atoms with E-state index in [0.717, 1.165) is 54.6 Å². The summed E-state index contributed by atoms with van der Waals surface area (Å²) in [6.45, 7) is 1.56. The van der Waals surface area contributed by atoms with Crippen molar-refractivity contribution >= 4 is 17.2 Å². The first-order valence-electron chi connectivity index (χ1n) is 10.7. The highest BCUT2D eigenvalue weighted by atomic mass is 16.5. The van der Waals surface area contributed by atoms with Gasteiger partial charge in [-0.2, -0.15) is 10.2 Å². The third kappa shape index (κ3) is 3.84. The lowest BCUT2D eigenvalue weighted by Gasteiger charge is -2.21. The number of nitrogens with zero attached hydrogens (tertiary/aromatic N) is 6. The van der Waals surface area contributed by atoms with Gasteiger partial charge in [-0.1, -0.05) is 0 Å². The van der Waals surface area contributed by atoms with Gasteiger partial charge in [-0.25, -0.2) is 14.5 Å². The minimum Gasteiger partial charge on any atom is -0.454 e. The van der Waals surface area contributed by atoms with E-state index in [1.807, 2.05) is 30.5 Å². The van der Waals surface area contributed by atoms with Gasteiger partial charge < -0.3 is 14.8 Å². The van der Waals surface area contributed by atoms with Crippen molar-refractivity contribution in [3.8, 4) is 11.5 Å². The molecule has 0 radical (unpaired) electrons. The van der Waals surface area contributed by atoms with E-state index in [0.29, 0.717) is 17.8 Å². The highest BCUT2D eigenvalue weighted by molar-refractivity contribution is 5.61. The van der Waals surface area contributed by atoms with Gasteiger partial charge in [0.25, 0.3) is 0 Å². The minimum atomic E-state index is 0.373. The molecule has 1 aliphatic carbocycles. The van der Waals surface area contributed by atoms with Crippen LogP contribution in [-0.4, -0.2) is 42.6 Å². The molecular weight excluding hydrogens is 394 g/mol. The largest absolute Gasteiger partial charge is 0.454 e. The standard InChI is InChI=1S/C22H23N7O2/c1-2-17(1)29-13-19(22(27-29)15-5-9-30-10-6-15)31-18-3-7-23-20(12-18)26-16-4-8-28-21(11-16)24-14-25-28/h3-4,7-8,11-15,17H,1-2,5-6,9-10H2,(H,23,26). The maximum absolute atomic E-state index is 6.33. The van der Waals surface area contributed by atoms with Crippen LogP contribution in [0.5, 0.6) is 11.5 Å². The van der Waals surface area contributed by atoms with Gasteiger partial charge >= 0.3 is 0 Å². The highest BCUT2D eigenvalue weighted by Gasteiger charge is 2.29. The number of fused-ring (bicyclic) bond motifs is 1. The normalized spacial score (nSPS) is 17.2. The molecule has 0 atom stereocenters. The lowest BCUT2D eigenvalue weighted by Crippen LogP contribution is -2.15. The van der Waals surface area contributed by atoms with E-state index < -0.39 is 0 Å². The first kappa shape index (κ1) is 18.3. The Morgan fingerprint density at radius 3 is 2.84 bits per heavy atom. The van der Waals surface area contributed by atoms with Crippen LogP contribution in [0.15, 0.2) is 49.2 Å². The van der Waals surface area contributed by atoms with Crippen LogP contribution in [0, 0.1) is 0 Å². The maximum Gasteiger partial charge on any atom is 0.168 e. The third-order valence-corrected chi connectivity index (χ3v) is 5.77. The molecule has 158 valence electrons. The third-order valence-electron chi connectivity index (χ3n) is 5.77. The Morgan fingerprint density at radius 2 is 1.97 bits per heavy atom. The number of hydrogen-bond donors (Lipinski definition) is 1. The predicted molar refractivity (Wildman–Crippen MR) is 114 cm³/mol. The molecule has 9 nitrogen and oxygen atoms in total. The van der Waals surface area contributed by atoms with E-state index in [2.05, 4.69) is 31.3 Å². The molecule has 1 saturated carbocycles. The fourth-order valence-electron chi connectivity index (χ4n) is 3.96. The van der Waals surface area contributed by atoms with Crippen LogP contribution in [-0.2, 0) is 4.74 Å². The average Bonchev–Trinajstić information content (AvgIpc) is 3.40. The SMILES string of the molecule is c1cc(Oc2cn(C3CC3)nc2C2CCOCC2)cc(Nc2ccn3ncnc3c2)n1. The lowest BCUT2D eigenvalue weighted by molar-refractivity contribution is 0.0839. The zero-order chi connectivity index (χ0) is 20.6. The number of anilines is 2. The number of hydrogen-bond acceptors (Lipinski definition) is 7. The van der Waals surface area contributed by atoms with Crippen molar-refractivity contribution in [2.75, 3.05) is 18.5 Å². The second-order valence-corrected chi connectivity index (χ2v) is 8.06. The van der Waals surface area contributed by atoms with Crippen LogP contribution in [0.1, 0.15) is 43.3 Å². The topological polar surface area (TPSA) is 91.4 Å². The van der Waals surface area contributed by atoms with Gasteiger partial charge in [-0.05, 0) is 37.8 Å². The van der Waals surface area contributed by atoms with E-state index in [4.69, 9.17) is 14.6 Å². The van der Waals surface area contributed by atoms with Gasteiger partial charge in [0.05, 0.1) is 12.2 Å². The van der Waals surface area contributed by atoms with E-state index in [1.54, 1.807) is 10.7 Å². The van der Waals surface area contributed by atoms with Crippen LogP contribution >= 0.6 is 0 Å². The summed E-state index contributed by atoms with van der Waals surface area (Å²) in [6, 6.07) is 8.13. The van der Waals surface area contributed by atoms with Gasteiger partial charge in [-0.15, -0.1) is 0 Å². The van der Waals surface area contributed by atoms with Gasteiger partial charge in [0.2, 0.25) is 0 Å². The summed E-state index contributed by atoms with van der Waals surface area (Å²) in [4.78, 5) is 8.65. The van der Waals surface area contributed by atoms with Gasteiger partial charge in [-0.3, -0.25) is 4.68 Å². The molecule has 4 aromatic heterocycles. The molecule has 1 aliphatic heterocycles. The summed E-state index contributed by atoms with van der Waals surface area (Å²) >= 11 is 0. The van der Waals surface area contributed by atoms with Crippen LogP contribution in [0.25, 0.3) is 5.65 Å². The Bertz CT molecular complexity index is 1210. The van der Waals surface area contributed by atoms with Crippen LogP contribution in [0.2, 0.25) is 0 Å². The molecule has 0 amide bonds. The molecule has 0 unspecified atom stereocenters. The van der Waals surface area contributed by atoms with Crippen LogP contribution in [0.4, 0.5) is 11.5 Å². The first-order chi connectivity index (χ1) is 15.3. The summed E-state index contributed by atoms with van der Waals surface area (Å²) in [5.74, 6) is 2.63. The molecular formula is C22H23N7O2. The fourth-order valence-corrected chi connectivity index (χ4v) is 3.96. The lowest BCUT2D eigenvalue weighted by atomic mass is 9.96. The van der Waals surface area contributed by atoms with Crippen molar-refractivity contribution < 1.29 is 9.47 Å². The Balaban J connectivity index is 1.25. The van der Waals surface area contributed by atoms with Crippen molar-refractivity contribution in [2.45, 2.75) is 37.6 Å². The van der Waals surface area contributed by atoms with Gasteiger partial charge in [0, 0.05) is 49.3 Å². The van der Waals surface area contributed by atoms with Crippen LogP contribution in [0.3, 0.4) is 0 Å². The molecule has 2 fully saturated rings. The molecule has 0 aromatic carbocycles. The smallest absolute Gasteiger partial charge is 0.168 e. The molecule has 31 heavy (non-hydrogen) atoms. The van der Waals surface area contributed by atoms with E-state index in [9.17, 15) is 0 Å². The quantitative estimate of drug-likeness (QED) is 0.505. The van der Waals surface area contributed by atoms with Crippen molar-refractivity contribution in [1.29, 1.82) is 0 Å². The van der Waals surface area contributed by atoms with E-state index >= 15 is 0 Å². The fraction of sp³-hybridized carbons (Fsp3) is 0.364. The number of pyridine rings is 2.